The third kappa shape index (κ3) is 4.98. The van der Waals surface area contributed by atoms with E-state index in [0.717, 1.165) is 48.2 Å². The van der Waals surface area contributed by atoms with Crippen molar-refractivity contribution in [1.29, 1.82) is 0 Å². The highest BCUT2D eigenvalue weighted by Gasteiger charge is 2.44. The van der Waals surface area contributed by atoms with E-state index < -0.39 is 5.41 Å². The third-order valence-electron chi connectivity index (χ3n) is 6.55. The lowest BCUT2D eigenvalue weighted by molar-refractivity contribution is -0.163. The minimum atomic E-state index is -0.657. The smallest absolute Gasteiger partial charge is 0.316 e. The Morgan fingerprint density at radius 1 is 1.09 bits per heavy atom. The lowest BCUT2D eigenvalue weighted by atomic mass is 9.66. The van der Waals surface area contributed by atoms with Crippen molar-refractivity contribution in [3.8, 4) is 11.8 Å². The molecule has 0 N–H and O–H groups in total. The van der Waals surface area contributed by atoms with Gasteiger partial charge in [0.25, 0.3) is 0 Å². The number of hydrogen-bond donors (Lipinski definition) is 0. The molecule has 0 bridgehead atoms. The van der Waals surface area contributed by atoms with Crippen molar-refractivity contribution in [2.24, 2.45) is 10.8 Å². The number of ketones is 1. The minimum Gasteiger partial charge on any atom is -0.430 e. The lowest BCUT2D eigenvalue weighted by Gasteiger charge is -2.43. The van der Waals surface area contributed by atoms with Crippen LogP contribution in [0.2, 0.25) is 0 Å². The molecule has 5 nitrogen and oxygen atoms in total. The number of nitrogens with zero attached hydrogens (tertiary/aromatic N) is 1. The number of Topliss-reactive ketones (excluding diaryl/α,β-unsaturated/α-hetero) is 1. The molecule has 0 saturated carbocycles. The number of ether oxygens (including phenoxy) is 1. The average molecular weight is 438 g/mol. The largest absolute Gasteiger partial charge is 0.430 e. The van der Waals surface area contributed by atoms with E-state index in [4.69, 9.17) is 9.57 Å². The van der Waals surface area contributed by atoms with Gasteiger partial charge in [0, 0.05) is 31.5 Å². The number of carbonyl (C=O) groups excluding carboxylic acids is 2. The Labute approximate surface area is 192 Å². The van der Waals surface area contributed by atoms with Gasteiger partial charge in [-0.3, -0.25) is 9.59 Å². The normalized spacial score (nSPS) is 19.0. The number of aryl methyl sites for hydroxylation is 2. The monoisotopic (exact) mass is 437 g/mol. The van der Waals surface area contributed by atoms with Crippen molar-refractivity contribution in [2.75, 3.05) is 20.2 Å². The van der Waals surface area contributed by atoms with Crippen LogP contribution in [0.1, 0.15) is 75.6 Å². The highest BCUT2D eigenvalue weighted by molar-refractivity contribution is 6.23. The Hall–Kier alpha value is -2.42. The summed E-state index contributed by atoms with van der Waals surface area (Å²) in [7, 11) is 1.68. The number of piperidine rings is 1. The lowest BCUT2D eigenvalue weighted by Crippen LogP contribution is -2.43. The van der Waals surface area contributed by atoms with Crippen LogP contribution in [0.3, 0.4) is 0 Å². The summed E-state index contributed by atoms with van der Waals surface area (Å²) >= 11 is 0. The molecule has 0 unspecified atom stereocenters. The second kappa shape index (κ2) is 9.21. The second-order valence-corrected chi connectivity index (χ2v) is 10.2. The number of rotatable bonds is 3. The van der Waals surface area contributed by atoms with Gasteiger partial charge in [0.1, 0.15) is 5.76 Å². The van der Waals surface area contributed by atoms with Crippen LogP contribution < -0.4 is 0 Å². The van der Waals surface area contributed by atoms with Crippen LogP contribution in [-0.2, 0) is 19.2 Å². The molecule has 0 aromatic heterocycles. The van der Waals surface area contributed by atoms with E-state index in [1.807, 2.05) is 58.7 Å². The first-order valence-corrected chi connectivity index (χ1v) is 11.3. The Bertz CT molecular complexity index is 985. The van der Waals surface area contributed by atoms with E-state index in [9.17, 15) is 9.59 Å². The first-order chi connectivity index (χ1) is 15.0. The number of hydrogen-bond acceptors (Lipinski definition) is 5. The highest BCUT2D eigenvalue weighted by Crippen LogP contribution is 2.49. The van der Waals surface area contributed by atoms with E-state index in [1.54, 1.807) is 7.11 Å². The van der Waals surface area contributed by atoms with Gasteiger partial charge < -0.3 is 9.57 Å². The molecule has 32 heavy (non-hydrogen) atoms. The number of esters is 1. The average Bonchev–Trinajstić information content (AvgIpc) is 2.69. The summed E-state index contributed by atoms with van der Waals surface area (Å²) in [4.78, 5) is 31.9. The summed E-state index contributed by atoms with van der Waals surface area (Å²) in [5, 5.41) is 1.93. The van der Waals surface area contributed by atoms with Gasteiger partial charge in [0.2, 0.25) is 0 Å². The molecular weight excluding hydrogens is 402 g/mol. The van der Waals surface area contributed by atoms with Crippen molar-refractivity contribution in [2.45, 2.75) is 67.2 Å². The van der Waals surface area contributed by atoms with Gasteiger partial charge in [-0.1, -0.05) is 5.92 Å². The molecule has 1 saturated heterocycles. The summed E-state index contributed by atoms with van der Waals surface area (Å²) in [5.41, 5.74) is 3.45. The van der Waals surface area contributed by atoms with Gasteiger partial charge in [-0.25, -0.2) is 0 Å². The standard InChI is InChI=1S/C27H35NO4/c1-8-9-20-14-18(2)23(19(3)15-20)24-21(29)16-27(10-12-28(31-7)13-11-27)17-22(24)32-25(30)26(4,5)6/h14-15H,10-13,16-17H2,1-7H3. The molecule has 0 radical (unpaired) electrons. The van der Waals surface area contributed by atoms with Gasteiger partial charge in [-0.05, 0) is 88.6 Å². The van der Waals surface area contributed by atoms with E-state index in [-0.39, 0.29) is 17.2 Å². The zero-order chi connectivity index (χ0) is 23.7. The number of benzene rings is 1. The van der Waals surface area contributed by atoms with Crippen LogP contribution >= 0.6 is 0 Å². The number of allylic oxidation sites excluding steroid dienone is 2. The fraction of sp³-hybridized carbons (Fsp3) is 0.556. The number of hydroxylamine groups is 2. The summed E-state index contributed by atoms with van der Waals surface area (Å²) in [6.45, 7) is 12.8. The summed E-state index contributed by atoms with van der Waals surface area (Å²) in [5.74, 6) is 6.29. The Balaban J connectivity index is 2.11. The summed E-state index contributed by atoms with van der Waals surface area (Å²) in [6.07, 6.45) is 2.72. The molecule has 3 rings (SSSR count). The van der Waals surface area contributed by atoms with Gasteiger partial charge in [-0.15, -0.1) is 5.92 Å². The van der Waals surface area contributed by atoms with Crippen LogP contribution in [0.4, 0.5) is 0 Å². The molecule has 172 valence electrons. The first-order valence-electron chi connectivity index (χ1n) is 11.3. The van der Waals surface area contributed by atoms with Gasteiger partial charge >= 0.3 is 5.97 Å². The summed E-state index contributed by atoms with van der Waals surface area (Å²) < 4.78 is 6.01. The maximum atomic E-state index is 13.7. The van der Waals surface area contributed by atoms with Crippen molar-refractivity contribution < 1.29 is 19.2 Å². The summed E-state index contributed by atoms with van der Waals surface area (Å²) in [6, 6.07) is 4.01. The fourth-order valence-corrected chi connectivity index (χ4v) is 4.78. The van der Waals surface area contributed by atoms with Crippen molar-refractivity contribution in [3.63, 3.8) is 0 Å². The molecule has 1 fully saturated rings. The fourth-order valence-electron chi connectivity index (χ4n) is 4.78. The first kappa shape index (κ1) is 24.2. The van der Waals surface area contributed by atoms with Gasteiger partial charge in [0.15, 0.2) is 5.78 Å². The molecule has 1 aliphatic carbocycles. The Kier molecular flexibility index (Phi) is 6.97. The van der Waals surface area contributed by atoms with E-state index in [2.05, 4.69) is 11.8 Å². The molecule has 1 heterocycles. The van der Waals surface area contributed by atoms with E-state index in [1.165, 1.54) is 0 Å². The van der Waals surface area contributed by atoms with Crippen molar-refractivity contribution >= 4 is 17.3 Å². The zero-order valence-corrected chi connectivity index (χ0v) is 20.5. The third-order valence-corrected chi connectivity index (χ3v) is 6.55. The topological polar surface area (TPSA) is 55.8 Å². The molecule has 1 aromatic carbocycles. The molecule has 1 spiro atoms. The zero-order valence-electron chi connectivity index (χ0n) is 20.5. The molecular formula is C27H35NO4. The Morgan fingerprint density at radius 3 is 2.19 bits per heavy atom. The molecule has 0 amide bonds. The molecule has 0 atom stereocenters. The van der Waals surface area contributed by atoms with Crippen LogP contribution in [0.15, 0.2) is 17.9 Å². The van der Waals surface area contributed by atoms with Crippen molar-refractivity contribution in [1.82, 2.24) is 5.06 Å². The van der Waals surface area contributed by atoms with E-state index in [0.29, 0.717) is 24.2 Å². The maximum absolute atomic E-state index is 13.7. The number of carbonyl (C=O) groups is 2. The minimum absolute atomic E-state index is 0.0550. The molecule has 1 aromatic rings. The SMILES string of the molecule is CC#Cc1cc(C)c(C2=C(OC(=O)C(C)(C)C)CC3(CCN(OC)CC3)CC2=O)c(C)c1. The van der Waals surface area contributed by atoms with Crippen LogP contribution in [0.5, 0.6) is 0 Å². The van der Waals surface area contributed by atoms with Crippen LogP contribution in [0, 0.1) is 36.5 Å². The quantitative estimate of drug-likeness (QED) is 0.493. The van der Waals surface area contributed by atoms with E-state index >= 15 is 0 Å². The van der Waals surface area contributed by atoms with Crippen LogP contribution in [0.25, 0.3) is 5.57 Å². The molecule has 1 aliphatic heterocycles. The Morgan fingerprint density at radius 2 is 1.69 bits per heavy atom. The molecule has 5 heteroatoms. The maximum Gasteiger partial charge on any atom is 0.316 e. The van der Waals surface area contributed by atoms with Crippen molar-refractivity contribution in [3.05, 3.63) is 40.1 Å². The predicted molar refractivity (Wildman–Crippen MR) is 125 cm³/mol. The van der Waals surface area contributed by atoms with Gasteiger partial charge in [0.05, 0.1) is 18.1 Å². The highest BCUT2D eigenvalue weighted by atomic mass is 16.7. The second-order valence-electron chi connectivity index (χ2n) is 10.2. The van der Waals surface area contributed by atoms with Gasteiger partial charge in [-0.2, -0.15) is 5.06 Å². The predicted octanol–water partition coefficient (Wildman–Crippen LogP) is 4.98. The molecule has 2 aliphatic rings. The van der Waals surface area contributed by atoms with Crippen LogP contribution in [-0.4, -0.2) is 37.0 Å².